The van der Waals surface area contributed by atoms with Crippen LogP contribution >= 0.6 is 22.7 Å². The van der Waals surface area contributed by atoms with Crippen LogP contribution in [0.4, 0.5) is 0 Å². The summed E-state index contributed by atoms with van der Waals surface area (Å²) in [6.45, 7) is 0. The molecule has 9 rings (SSSR count). The van der Waals surface area contributed by atoms with Gasteiger partial charge in [0.25, 0.3) is 0 Å². The zero-order chi connectivity index (χ0) is 23.4. The molecule has 0 saturated heterocycles. The first kappa shape index (κ1) is 19.1. The molecule has 2 nitrogen and oxygen atoms in total. The van der Waals surface area contributed by atoms with Gasteiger partial charge in [0.05, 0.1) is 52.2 Å². The molecule has 0 atom stereocenters. The number of aromatic nitrogens is 2. The molecule has 0 bridgehead atoms. The van der Waals surface area contributed by atoms with Crippen LogP contribution in [0.1, 0.15) is 0 Å². The minimum Gasteiger partial charge on any atom is -0.303 e. The van der Waals surface area contributed by atoms with Crippen molar-refractivity contribution >= 4 is 85.1 Å². The molecule has 3 aliphatic rings. The van der Waals surface area contributed by atoms with Crippen LogP contribution in [-0.4, -0.2) is 9.13 Å². The molecule has 0 amide bonds. The molecule has 0 fully saturated rings. The monoisotopic (exact) mass is 494 g/mol. The lowest BCUT2D eigenvalue weighted by Gasteiger charge is -2.30. The van der Waals surface area contributed by atoms with E-state index in [1.54, 1.807) is 0 Å². The summed E-state index contributed by atoms with van der Waals surface area (Å²) in [5.41, 5.74) is 7.65. The smallest absolute Gasteiger partial charge is 0.0885 e. The fourth-order valence-electron chi connectivity index (χ4n) is 6.02. The SMILES string of the molecule is c1ccc2c(c1)cc1sc3ccccc3n3c4c5c(cc6ccccc64)sc4ccccc4n-5c2c1-3. The molecule has 4 heteroatoms. The quantitative estimate of drug-likeness (QED) is 0.147. The maximum absolute atomic E-state index is 2.55. The molecule has 0 radical (unpaired) electrons. The number of fused-ring (bicyclic) bond motifs is 10. The Labute approximate surface area is 214 Å². The molecule has 0 saturated carbocycles. The van der Waals surface area contributed by atoms with Crippen molar-refractivity contribution in [1.29, 1.82) is 0 Å². The van der Waals surface area contributed by atoms with Crippen molar-refractivity contribution in [2.45, 2.75) is 0 Å². The molecule has 6 aromatic carbocycles. The van der Waals surface area contributed by atoms with E-state index in [1.165, 1.54) is 73.8 Å². The molecule has 0 aromatic heterocycles. The molecule has 36 heavy (non-hydrogen) atoms. The highest BCUT2D eigenvalue weighted by Crippen LogP contribution is 2.48. The van der Waals surface area contributed by atoms with Crippen molar-refractivity contribution in [2.24, 2.45) is 0 Å². The first-order valence-electron chi connectivity index (χ1n) is 12.1. The predicted octanol–water partition coefficient (Wildman–Crippen LogP) is 9.75. The highest BCUT2D eigenvalue weighted by atomic mass is 32.1. The van der Waals surface area contributed by atoms with E-state index in [1.807, 2.05) is 22.7 Å². The Morgan fingerprint density at radius 2 is 0.833 bits per heavy atom. The first-order valence-corrected chi connectivity index (χ1v) is 13.8. The number of rotatable bonds is 0. The van der Waals surface area contributed by atoms with Gasteiger partial charge in [0.1, 0.15) is 0 Å². The highest BCUT2D eigenvalue weighted by Gasteiger charge is 2.27. The van der Waals surface area contributed by atoms with Gasteiger partial charge in [-0.25, -0.2) is 0 Å². The van der Waals surface area contributed by atoms with E-state index in [-0.39, 0.29) is 0 Å². The third kappa shape index (κ3) is 2.31. The topological polar surface area (TPSA) is 9.86 Å². The van der Waals surface area contributed by atoms with E-state index in [0.29, 0.717) is 0 Å². The fourth-order valence-corrected chi connectivity index (χ4v) is 8.26. The van der Waals surface area contributed by atoms with E-state index in [2.05, 4.69) is 118 Å². The zero-order valence-corrected chi connectivity index (χ0v) is 20.7. The summed E-state index contributed by atoms with van der Waals surface area (Å²) in [6, 6.07) is 40.2. The van der Waals surface area contributed by atoms with Gasteiger partial charge in [0.2, 0.25) is 0 Å². The third-order valence-electron chi connectivity index (χ3n) is 7.47. The molecule has 6 aromatic rings. The van der Waals surface area contributed by atoms with Gasteiger partial charge < -0.3 is 9.13 Å². The standard InChI is InChI=1S/C32H18N2S2/c1-3-11-21-19(9-1)17-27-31-29(21)33-23-13-5-8-16-26(23)36-28-18-20-10-2-4-12-22(20)30(32(28)33)34(31)24-14-6-7-15-25(24)35-27/h1-18H. The average molecular weight is 495 g/mol. The van der Waals surface area contributed by atoms with E-state index in [9.17, 15) is 0 Å². The number of hydrogen-bond acceptors (Lipinski definition) is 2. The Morgan fingerprint density at radius 1 is 0.417 bits per heavy atom. The van der Waals surface area contributed by atoms with Crippen molar-refractivity contribution in [1.82, 2.24) is 9.13 Å². The maximum atomic E-state index is 2.55. The first-order chi connectivity index (χ1) is 17.9. The summed E-state index contributed by atoms with van der Waals surface area (Å²) in [6.07, 6.45) is 0. The van der Waals surface area contributed by atoms with Crippen LogP contribution in [-0.2, 0) is 0 Å². The van der Waals surface area contributed by atoms with Gasteiger partial charge in [-0.05, 0) is 47.2 Å². The summed E-state index contributed by atoms with van der Waals surface area (Å²) in [7, 11) is 0. The van der Waals surface area contributed by atoms with Crippen molar-refractivity contribution in [3.05, 3.63) is 109 Å². The van der Waals surface area contributed by atoms with Gasteiger partial charge >= 0.3 is 0 Å². The van der Waals surface area contributed by atoms with Crippen LogP contribution in [0.3, 0.4) is 0 Å². The van der Waals surface area contributed by atoms with Crippen LogP contribution in [0.15, 0.2) is 109 Å². The van der Waals surface area contributed by atoms with Gasteiger partial charge in [-0.3, -0.25) is 0 Å². The average Bonchev–Trinajstić information content (AvgIpc) is 2.93. The lowest BCUT2D eigenvalue weighted by Crippen LogP contribution is -2.14. The molecular formula is C32H18N2S2. The van der Waals surface area contributed by atoms with Crippen LogP contribution in [0.25, 0.3) is 73.8 Å². The Morgan fingerprint density at radius 3 is 1.33 bits per heavy atom. The highest BCUT2D eigenvalue weighted by molar-refractivity contribution is 7.24. The Balaban J connectivity index is 1.76. The molecule has 3 aliphatic heterocycles. The minimum absolute atomic E-state index is 1.26. The molecule has 0 unspecified atom stereocenters. The molecule has 3 heterocycles. The van der Waals surface area contributed by atoms with Crippen LogP contribution in [0, 0.1) is 0 Å². The van der Waals surface area contributed by atoms with E-state index in [0.717, 1.165) is 0 Å². The molecule has 168 valence electrons. The van der Waals surface area contributed by atoms with E-state index in [4.69, 9.17) is 0 Å². The van der Waals surface area contributed by atoms with Crippen LogP contribution in [0.2, 0.25) is 0 Å². The molecule has 0 spiro atoms. The van der Waals surface area contributed by atoms with Gasteiger partial charge in [0.15, 0.2) is 0 Å². The molecule has 0 aliphatic carbocycles. The fraction of sp³-hybridized carbons (Fsp3) is 0. The Hall–Kier alpha value is -4.12. The number of hydrogen-bond donors (Lipinski definition) is 0. The van der Waals surface area contributed by atoms with Crippen molar-refractivity contribution in [2.75, 3.05) is 0 Å². The van der Waals surface area contributed by atoms with Gasteiger partial charge in [0, 0.05) is 10.8 Å². The number of para-hydroxylation sites is 2. The van der Waals surface area contributed by atoms with Gasteiger partial charge in [-0.15, -0.1) is 22.7 Å². The second-order valence-corrected chi connectivity index (χ2v) is 11.6. The lowest BCUT2D eigenvalue weighted by atomic mass is 10.0. The second kappa shape index (κ2) is 6.76. The van der Waals surface area contributed by atoms with Crippen LogP contribution < -0.4 is 0 Å². The molecular weight excluding hydrogens is 477 g/mol. The van der Waals surface area contributed by atoms with Crippen LogP contribution in [0.5, 0.6) is 0 Å². The largest absolute Gasteiger partial charge is 0.303 e. The summed E-state index contributed by atoms with van der Waals surface area (Å²) in [4.78, 5) is 0. The predicted molar refractivity (Wildman–Crippen MR) is 157 cm³/mol. The number of nitrogens with zero attached hydrogens (tertiary/aromatic N) is 2. The van der Waals surface area contributed by atoms with Crippen molar-refractivity contribution in [3.8, 4) is 11.4 Å². The summed E-state index contributed by atoms with van der Waals surface area (Å²) < 4.78 is 10.3. The summed E-state index contributed by atoms with van der Waals surface area (Å²) in [5.74, 6) is 0. The third-order valence-corrected chi connectivity index (χ3v) is 9.66. The van der Waals surface area contributed by atoms with E-state index < -0.39 is 0 Å². The summed E-state index contributed by atoms with van der Waals surface area (Å²) >= 11 is 3.77. The summed E-state index contributed by atoms with van der Waals surface area (Å²) in [5, 5.41) is 5.12. The maximum Gasteiger partial charge on any atom is 0.0885 e. The zero-order valence-electron chi connectivity index (χ0n) is 19.1. The molecule has 0 N–H and O–H groups in total. The second-order valence-electron chi connectivity index (χ2n) is 9.40. The van der Waals surface area contributed by atoms with Gasteiger partial charge in [-0.2, -0.15) is 0 Å². The lowest BCUT2D eigenvalue weighted by molar-refractivity contribution is 1.09. The van der Waals surface area contributed by atoms with Gasteiger partial charge in [-0.1, -0.05) is 72.8 Å². The van der Waals surface area contributed by atoms with Crippen molar-refractivity contribution in [3.63, 3.8) is 0 Å². The van der Waals surface area contributed by atoms with Crippen molar-refractivity contribution < 1.29 is 0 Å². The number of benzene rings is 6. The van der Waals surface area contributed by atoms with E-state index >= 15 is 0 Å². The Bertz CT molecular complexity index is 2110. The minimum atomic E-state index is 1.26. The normalized spacial score (nSPS) is 12.4. The Kier molecular flexibility index (Phi) is 3.59.